The molecule has 1 aromatic carbocycles. The molecule has 4 nitrogen and oxygen atoms in total. The van der Waals surface area contributed by atoms with Crippen molar-refractivity contribution in [2.75, 3.05) is 0 Å². The predicted molar refractivity (Wildman–Crippen MR) is 79.6 cm³/mol. The van der Waals surface area contributed by atoms with E-state index in [1.54, 1.807) is 22.7 Å². The Morgan fingerprint density at radius 3 is 2.53 bits per heavy atom. The molecule has 19 heavy (non-hydrogen) atoms. The van der Waals surface area contributed by atoms with Gasteiger partial charge in [0, 0.05) is 28.9 Å². The fourth-order valence-electron chi connectivity index (χ4n) is 1.94. The summed E-state index contributed by atoms with van der Waals surface area (Å²) < 4.78 is 8.86. The van der Waals surface area contributed by atoms with Gasteiger partial charge < -0.3 is 0 Å². The Bertz CT molecular complexity index is 750. The van der Waals surface area contributed by atoms with E-state index in [0.717, 1.165) is 32.0 Å². The fraction of sp³-hybridized carbons (Fsp3) is 0. The van der Waals surface area contributed by atoms with Crippen molar-refractivity contribution in [1.29, 1.82) is 0 Å². The molecule has 0 aliphatic heterocycles. The van der Waals surface area contributed by atoms with Gasteiger partial charge >= 0.3 is 0 Å². The molecule has 3 heterocycles. The van der Waals surface area contributed by atoms with Crippen LogP contribution in [0.4, 0.5) is 0 Å². The highest BCUT2D eigenvalue weighted by Gasteiger charge is 2.15. The molecular formula is C12H6N4S3. The average molecular weight is 302 g/mol. The molecule has 0 N–H and O–H groups in total. The third-order valence-electron chi connectivity index (χ3n) is 2.78. The van der Waals surface area contributed by atoms with E-state index in [2.05, 4.69) is 30.8 Å². The lowest BCUT2D eigenvalue weighted by atomic mass is 10.1. The summed E-state index contributed by atoms with van der Waals surface area (Å²) in [5, 5.41) is 2.95. The molecule has 0 saturated carbocycles. The maximum absolute atomic E-state index is 4.43. The first-order valence-electron chi connectivity index (χ1n) is 5.47. The number of thiazole rings is 2. The lowest BCUT2D eigenvalue weighted by Crippen LogP contribution is -1.83. The summed E-state index contributed by atoms with van der Waals surface area (Å²) in [4.78, 5) is 9.59. The van der Waals surface area contributed by atoms with Crippen molar-refractivity contribution in [3.05, 3.63) is 35.4 Å². The second-order valence-electron chi connectivity index (χ2n) is 3.83. The average Bonchev–Trinajstić information content (AvgIpc) is 3.19. The van der Waals surface area contributed by atoms with Gasteiger partial charge in [0.25, 0.3) is 0 Å². The SMILES string of the molecule is c1csc(-c2ccc(-c3cncs3)c3nsnc23)n1. The maximum Gasteiger partial charge on any atom is 0.125 e. The van der Waals surface area contributed by atoms with E-state index in [-0.39, 0.29) is 0 Å². The monoisotopic (exact) mass is 302 g/mol. The van der Waals surface area contributed by atoms with Crippen LogP contribution in [-0.4, -0.2) is 18.7 Å². The van der Waals surface area contributed by atoms with Crippen LogP contribution in [0.1, 0.15) is 0 Å². The van der Waals surface area contributed by atoms with Gasteiger partial charge in [-0.1, -0.05) is 6.07 Å². The highest BCUT2D eigenvalue weighted by Crippen LogP contribution is 2.36. The van der Waals surface area contributed by atoms with Gasteiger partial charge in [0.2, 0.25) is 0 Å². The first-order valence-corrected chi connectivity index (χ1v) is 7.96. The minimum absolute atomic E-state index is 0.922. The Morgan fingerprint density at radius 2 is 1.79 bits per heavy atom. The normalized spacial score (nSPS) is 11.2. The Labute approximate surface area is 120 Å². The van der Waals surface area contributed by atoms with Crippen LogP contribution in [-0.2, 0) is 0 Å². The van der Waals surface area contributed by atoms with Crippen LogP contribution in [0.15, 0.2) is 35.4 Å². The number of rotatable bonds is 2. The van der Waals surface area contributed by atoms with E-state index in [1.807, 2.05) is 23.3 Å². The van der Waals surface area contributed by atoms with Crippen LogP contribution in [0.3, 0.4) is 0 Å². The van der Waals surface area contributed by atoms with Gasteiger partial charge in [0.05, 0.1) is 22.1 Å². The van der Waals surface area contributed by atoms with Gasteiger partial charge in [-0.15, -0.1) is 22.7 Å². The second kappa shape index (κ2) is 4.44. The summed E-state index contributed by atoms with van der Waals surface area (Å²) in [6.07, 6.45) is 3.67. The smallest absolute Gasteiger partial charge is 0.125 e. The fourth-order valence-corrected chi connectivity index (χ4v) is 3.83. The summed E-state index contributed by atoms with van der Waals surface area (Å²) in [6.45, 7) is 0. The van der Waals surface area contributed by atoms with Crippen LogP contribution in [0.2, 0.25) is 0 Å². The molecule has 0 saturated heterocycles. The summed E-state index contributed by atoms with van der Waals surface area (Å²) in [5.74, 6) is 0. The van der Waals surface area contributed by atoms with Gasteiger partial charge in [-0.25, -0.2) is 4.98 Å². The molecule has 0 aliphatic rings. The first-order chi connectivity index (χ1) is 9.43. The largest absolute Gasteiger partial charge is 0.252 e. The molecular weight excluding hydrogens is 296 g/mol. The summed E-state index contributed by atoms with van der Waals surface area (Å²) in [5.41, 5.74) is 5.82. The zero-order valence-corrected chi connectivity index (χ0v) is 11.9. The lowest BCUT2D eigenvalue weighted by Gasteiger charge is -2.01. The molecule has 0 radical (unpaired) electrons. The highest BCUT2D eigenvalue weighted by atomic mass is 32.1. The standard InChI is InChI=1S/C12H6N4S3/c1-2-8(12-14-3-4-17-12)11-10(15-19-16-11)7(1)9-5-13-6-18-9/h1-6H. The van der Waals surface area contributed by atoms with Crippen LogP contribution >= 0.6 is 34.4 Å². The van der Waals surface area contributed by atoms with Crippen molar-refractivity contribution in [2.24, 2.45) is 0 Å². The van der Waals surface area contributed by atoms with E-state index in [9.17, 15) is 0 Å². The van der Waals surface area contributed by atoms with Gasteiger partial charge in [-0.2, -0.15) is 8.75 Å². The number of benzene rings is 1. The molecule has 0 amide bonds. The van der Waals surface area contributed by atoms with E-state index < -0.39 is 0 Å². The third kappa shape index (κ3) is 1.78. The van der Waals surface area contributed by atoms with Crippen LogP contribution in [0.5, 0.6) is 0 Å². The summed E-state index contributed by atoms with van der Waals surface area (Å²) in [6, 6.07) is 4.14. The number of hydrogen-bond donors (Lipinski definition) is 0. The lowest BCUT2D eigenvalue weighted by molar-refractivity contribution is 1.41. The van der Waals surface area contributed by atoms with Crippen LogP contribution in [0, 0.1) is 0 Å². The summed E-state index contributed by atoms with van der Waals surface area (Å²) in [7, 11) is 0. The van der Waals surface area contributed by atoms with Crippen molar-refractivity contribution in [3.63, 3.8) is 0 Å². The third-order valence-corrected chi connectivity index (χ3v) is 4.92. The van der Waals surface area contributed by atoms with Crippen molar-refractivity contribution in [3.8, 4) is 21.0 Å². The van der Waals surface area contributed by atoms with Crippen molar-refractivity contribution >= 4 is 45.4 Å². The molecule has 92 valence electrons. The minimum Gasteiger partial charge on any atom is -0.252 e. The van der Waals surface area contributed by atoms with Crippen LogP contribution < -0.4 is 0 Å². The van der Waals surface area contributed by atoms with Crippen molar-refractivity contribution in [2.45, 2.75) is 0 Å². The first kappa shape index (κ1) is 11.2. The molecule has 4 rings (SSSR count). The van der Waals surface area contributed by atoms with Gasteiger partial charge in [0.15, 0.2) is 0 Å². The molecule has 0 bridgehead atoms. The zero-order chi connectivity index (χ0) is 12.7. The van der Waals surface area contributed by atoms with Crippen molar-refractivity contribution < 1.29 is 0 Å². The molecule has 0 fully saturated rings. The van der Waals surface area contributed by atoms with E-state index in [4.69, 9.17) is 0 Å². The van der Waals surface area contributed by atoms with E-state index in [1.165, 1.54) is 11.7 Å². The molecule has 7 heteroatoms. The van der Waals surface area contributed by atoms with E-state index in [0.29, 0.717) is 0 Å². The molecule has 0 atom stereocenters. The van der Waals surface area contributed by atoms with Crippen molar-refractivity contribution in [1.82, 2.24) is 18.7 Å². The predicted octanol–water partition coefficient (Wildman–Crippen LogP) is 3.94. The van der Waals surface area contributed by atoms with Gasteiger partial charge in [-0.3, -0.25) is 4.98 Å². The topological polar surface area (TPSA) is 51.6 Å². The van der Waals surface area contributed by atoms with Crippen LogP contribution in [0.25, 0.3) is 32.0 Å². The molecule has 3 aromatic heterocycles. The molecule has 4 aromatic rings. The highest BCUT2D eigenvalue weighted by molar-refractivity contribution is 7.13. The molecule has 0 spiro atoms. The summed E-state index contributed by atoms with van der Waals surface area (Å²) >= 11 is 4.46. The Morgan fingerprint density at radius 1 is 0.947 bits per heavy atom. The number of nitrogens with zero attached hydrogens (tertiary/aromatic N) is 4. The number of fused-ring (bicyclic) bond motifs is 1. The van der Waals surface area contributed by atoms with E-state index >= 15 is 0 Å². The Hall–Kier alpha value is -1.70. The second-order valence-corrected chi connectivity index (χ2v) is 6.13. The Kier molecular flexibility index (Phi) is 2.61. The Balaban J connectivity index is 2.01. The maximum atomic E-state index is 4.43. The number of hydrogen-bond acceptors (Lipinski definition) is 7. The quantitative estimate of drug-likeness (QED) is 0.563. The molecule has 0 aliphatic carbocycles. The zero-order valence-electron chi connectivity index (χ0n) is 9.48. The van der Waals surface area contributed by atoms with Gasteiger partial charge in [0.1, 0.15) is 16.0 Å². The van der Waals surface area contributed by atoms with Gasteiger partial charge in [-0.05, 0) is 6.07 Å². The molecule has 0 unspecified atom stereocenters. The number of aromatic nitrogens is 4. The minimum atomic E-state index is 0.922.